The summed E-state index contributed by atoms with van der Waals surface area (Å²) in [6.45, 7) is 1.42. The fourth-order valence-corrected chi connectivity index (χ4v) is 2.13. The van der Waals surface area contributed by atoms with Crippen LogP contribution in [0.25, 0.3) is 0 Å². The van der Waals surface area contributed by atoms with Gasteiger partial charge in [-0.25, -0.2) is 0 Å². The maximum Gasteiger partial charge on any atom is 0.308 e. The quantitative estimate of drug-likeness (QED) is 0.746. The first-order chi connectivity index (χ1) is 9.69. The van der Waals surface area contributed by atoms with E-state index in [0.717, 1.165) is 5.56 Å². The molecule has 20 heavy (non-hydrogen) atoms. The normalized spacial score (nSPS) is 18.6. The van der Waals surface area contributed by atoms with Crippen LogP contribution in [0.5, 0.6) is 0 Å². The van der Waals surface area contributed by atoms with Crippen molar-refractivity contribution in [3.05, 3.63) is 30.1 Å². The molecule has 2 rings (SSSR count). The van der Waals surface area contributed by atoms with Gasteiger partial charge in [0.15, 0.2) is 0 Å². The number of carbonyl (C=O) groups excluding carboxylic acids is 2. The summed E-state index contributed by atoms with van der Waals surface area (Å²) < 4.78 is 10.1. The Morgan fingerprint density at radius 1 is 1.55 bits per heavy atom. The van der Waals surface area contributed by atoms with Crippen molar-refractivity contribution in [2.24, 2.45) is 0 Å². The second kappa shape index (κ2) is 7.00. The van der Waals surface area contributed by atoms with Gasteiger partial charge in [-0.05, 0) is 11.6 Å². The SMILES string of the molecule is COC(=O)CC1CN(C(=O)Cc2cccnc2)CCO1. The van der Waals surface area contributed by atoms with Gasteiger partial charge in [0.1, 0.15) is 0 Å². The zero-order valence-electron chi connectivity index (χ0n) is 11.4. The summed E-state index contributed by atoms with van der Waals surface area (Å²) >= 11 is 0. The molecule has 1 fully saturated rings. The summed E-state index contributed by atoms with van der Waals surface area (Å²) in [5, 5.41) is 0. The highest BCUT2D eigenvalue weighted by molar-refractivity contribution is 5.79. The molecule has 1 atom stereocenters. The molecule has 0 spiro atoms. The highest BCUT2D eigenvalue weighted by Crippen LogP contribution is 2.11. The number of aromatic nitrogens is 1. The van der Waals surface area contributed by atoms with E-state index in [9.17, 15) is 9.59 Å². The number of morpholine rings is 1. The van der Waals surface area contributed by atoms with Crippen LogP contribution in [-0.2, 0) is 25.5 Å². The lowest BCUT2D eigenvalue weighted by atomic mass is 10.1. The molecule has 6 nitrogen and oxygen atoms in total. The average Bonchev–Trinajstić information content (AvgIpc) is 2.48. The maximum absolute atomic E-state index is 12.2. The summed E-state index contributed by atoms with van der Waals surface area (Å²) in [4.78, 5) is 29.1. The number of hydrogen-bond donors (Lipinski definition) is 0. The van der Waals surface area contributed by atoms with Crippen LogP contribution in [0.3, 0.4) is 0 Å². The molecule has 1 amide bonds. The molecule has 1 aromatic heterocycles. The van der Waals surface area contributed by atoms with Crippen LogP contribution in [0.2, 0.25) is 0 Å². The molecule has 1 aliphatic rings. The Morgan fingerprint density at radius 3 is 3.10 bits per heavy atom. The van der Waals surface area contributed by atoms with Crippen LogP contribution >= 0.6 is 0 Å². The number of ether oxygens (including phenoxy) is 2. The number of amides is 1. The van der Waals surface area contributed by atoms with Crippen LogP contribution in [0, 0.1) is 0 Å². The first-order valence-corrected chi connectivity index (χ1v) is 6.54. The second-order valence-corrected chi connectivity index (χ2v) is 4.65. The van der Waals surface area contributed by atoms with Gasteiger partial charge in [0, 0.05) is 25.5 Å². The Labute approximate surface area is 117 Å². The van der Waals surface area contributed by atoms with E-state index in [4.69, 9.17) is 4.74 Å². The van der Waals surface area contributed by atoms with Crippen molar-refractivity contribution < 1.29 is 19.1 Å². The van der Waals surface area contributed by atoms with Crippen LogP contribution in [0.1, 0.15) is 12.0 Å². The summed E-state index contributed by atoms with van der Waals surface area (Å²) in [5.74, 6) is -0.298. The van der Waals surface area contributed by atoms with Gasteiger partial charge in [0.05, 0.1) is 32.7 Å². The van der Waals surface area contributed by atoms with E-state index in [1.54, 1.807) is 17.3 Å². The molecule has 0 bridgehead atoms. The lowest BCUT2D eigenvalue weighted by Gasteiger charge is -2.32. The van der Waals surface area contributed by atoms with Crippen molar-refractivity contribution in [3.63, 3.8) is 0 Å². The first-order valence-electron chi connectivity index (χ1n) is 6.54. The lowest BCUT2D eigenvalue weighted by molar-refractivity contribution is -0.149. The van der Waals surface area contributed by atoms with Crippen LogP contribution < -0.4 is 0 Å². The molecular formula is C14H18N2O4. The topological polar surface area (TPSA) is 68.7 Å². The van der Waals surface area contributed by atoms with Gasteiger partial charge in [-0.1, -0.05) is 6.07 Å². The second-order valence-electron chi connectivity index (χ2n) is 4.65. The molecule has 108 valence electrons. The fourth-order valence-electron chi connectivity index (χ4n) is 2.13. The van der Waals surface area contributed by atoms with Crippen molar-refractivity contribution in [2.45, 2.75) is 18.9 Å². The van der Waals surface area contributed by atoms with Gasteiger partial charge in [0.2, 0.25) is 5.91 Å². The summed E-state index contributed by atoms with van der Waals surface area (Å²) in [6.07, 6.45) is 3.57. The lowest BCUT2D eigenvalue weighted by Crippen LogP contribution is -2.46. The van der Waals surface area contributed by atoms with Crippen molar-refractivity contribution in [2.75, 3.05) is 26.8 Å². The standard InChI is InChI=1S/C14H18N2O4/c1-19-14(18)8-12-10-16(5-6-20-12)13(17)7-11-3-2-4-15-9-11/h2-4,9,12H,5-8,10H2,1H3. The molecule has 0 aromatic carbocycles. The van der Waals surface area contributed by atoms with Crippen molar-refractivity contribution >= 4 is 11.9 Å². The number of esters is 1. The van der Waals surface area contributed by atoms with Crippen molar-refractivity contribution in [1.29, 1.82) is 0 Å². The van der Waals surface area contributed by atoms with E-state index in [-0.39, 0.29) is 24.4 Å². The van der Waals surface area contributed by atoms with Crippen molar-refractivity contribution in [1.82, 2.24) is 9.88 Å². The molecular weight excluding hydrogens is 260 g/mol. The molecule has 0 saturated carbocycles. The molecule has 1 aromatic rings. The molecule has 6 heteroatoms. The Kier molecular flexibility index (Phi) is 5.06. The predicted molar refractivity (Wildman–Crippen MR) is 70.9 cm³/mol. The average molecular weight is 278 g/mol. The Morgan fingerprint density at radius 2 is 2.40 bits per heavy atom. The van der Waals surface area contributed by atoms with E-state index in [1.165, 1.54) is 7.11 Å². The maximum atomic E-state index is 12.2. The van der Waals surface area contributed by atoms with E-state index in [2.05, 4.69) is 9.72 Å². The van der Waals surface area contributed by atoms with E-state index in [1.807, 2.05) is 12.1 Å². The van der Waals surface area contributed by atoms with Crippen LogP contribution in [-0.4, -0.2) is 54.7 Å². The van der Waals surface area contributed by atoms with Gasteiger partial charge in [-0.2, -0.15) is 0 Å². The summed E-state index contributed by atoms with van der Waals surface area (Å²) in [7, 11) is 1.34. The first kappa shape index (κ1) is 14.5. The number of methoxy groups -OCH3 is 1. The number of rotatable bonds is 4. The van der Waals surface area contributed by atoms with Crippen molar-refractivity contribution in [3.8, 4) is 0 Å². The fraction of sp³-hybridized carbons (Fsp3) is 0.500. The van der Waals surface area contributed by atoms with Gasteiger partial charge >= 0.3 is 5.97 Å². The van der Waals surface area contributed by atoms with E-state index >= 15 is 0 Å². The zero-order chi connectivity index (χ0) is 14.4. The summed E-state index contributed by atoms with van der Waals surface area (Å²) in [5.41, 5.74) is 0.883. The van der Waals surface area contributed by atoms with Gasteiger partial charge in [-0.3, -0.25) is 14.6 Å². The molecule has 0 N–H and O–H groups in total. The Bertz CT molecular complexity index is 464. The van der Waals surface area contributed by atoms with Crippen LogP contribution in [0.15, 0.2) is 24.5 Å². The molecule has 1 saturated heterocycles. The third-order valence-corrected chi connectivity index (χ3v) is 3.19. The van der Waals surface area contributed by atoms with Gasteiger partial charge in [0.25, 0.3) is 0 Å². The zero-order valence-corrected chi connectivity index (χ0v) is 11.4. The smallest absolute Gasteiger partial charge is 0.308 e. The number of nitrogens with zero attached hydrogens (tertiary/aromatic N) is 2. The molecule has 0 aliphatic carbocycles. The minimum Gasteiger partial charge on any atom is -0.469 e. The molecule has 2 heterocycles. The van der Waals surface area contributed by atoms with Gasteiger partial charge in [-0.15, -0.1) is 0 Å². The molecule has 1 unspecified atom stereocenters. The largest absolute Gasteiger partial charge is 0.469 e. The Balaban J connectivity index is 1.88. The highest BCUT2D eigenvalue weighted by Gasteiger charge is 2.26. The number of pyridine rings is 1. The number of hydrogen-bond acceptors (Lipinski definition) is 5. The van der Waals surface area contributed by atoms with Crippen LogP contribution in [0.4, 0.5) is 0 Å². The summed E-state index contributed by atoms with van der Waals surface area (Å²) in [6, 6.07) is 3.68. The van der Waals surface area contributed by atoms with E-state index in [0.29, 0.717) is 26.1 Å². The minimum absolute atomic E-state index is 0.0242. The molecule has 1 aliphatic heterocycles. The number of carbonyl (C=O) groups is 2. The minimum atomic E-state index is -0.323. The third-order valence-electron chi connectivity index (χ3n) is 3.19. The Hall–Kier alpha value is -1.95. The van der Waals surface area contributed by atoms with E-state index < -0.39 is 0 Å². The predicted octanol–water partition coefficient (Wildman–Crippen LogP) is 0.415. The third kappa shape index (κ3) is 4.03. The monoisotopic (exact) mass is 278 g/mol. The van der Waals surface area contributed by atoms with Gasteiger partial charge < -0.3 is 14.4 Å². The highest BCUT2D eigenvalue weighted by atomic mass is 16.5. The molecule has 0 radical (unpaired) electrons.